The standard InChI is InChI=1S/C45H52N10O2/c1-44(2)40(38(30-50)42(56-44)34(26-46)27-47)32-12-16-36(17-13-32)52(5)20-24-54(7,8)22-11-23-55(9,10)25-21-53(6)37-18-14-33(15-19-37)41-39(31-51)43(35(28-48)29-49)57-45(41,3)4/h12-19H,11,20-25H2,1-10H3/q+2. The third-order valence-electron chi connectivity index (χ3n) is 10.8. The third kappa shape index (κ3) is 9.65. The average Bonchev–Trinajstić information content (AvgIpc) is 3.61. The van der Waals surface area contributed by atoms with Gasteiger partial charge in [-0.05, 0) is 63.1 Å². The minimum Gasteiger partial charge on any atom is -0.480 e. The van der Waals surface area contributed by atoms with Crippen molar-refractivity contribution in [3.05, 3.63) is 93.5 Å². The van der Waals surface area contributed by atoms with E-state index in [-0.39, 0.29) is 33.8 Å². The van der Waals surface area contributed by atoms with Crippen molar-refractivity contribution in [2.75, 3.05) is 91.4 Å². The van der Waals surface area contributed by atoms with Gasteiger partial charge in [-0.15, -0.1) is 0 Å². The van der Waals surface area contributed by atoms with Crippen LogP contribution in [0.2, 0.25) is 0 Å². The molecular formula is C45H52N10O2+2. The maximum Gasteiger partial charge on any atom is 0.172 e. The molecule has 0 bridgehead atoms. The number of benzene rings is 2. The number of ether oxygens (including phenoxy) is 2. The van der Waals surface area contributed by atoms with Crippen LogP contribution in [0.1, 0.15) is 45.2 Å². The van der Waals surface area contributed by atoms with E-state index in [0.717, 1.165) is 77.2 Å². The Hall–Kier alpha value is -6.54. The van der Waals surface area contributed by atoms with E-state index in [0.29, 0.717) is 11.1 Å². The van der Waals surface area contributed by atoms with Gasteiger partial charge in [0.2, 0.25) is 0 Å². The van der Waals surface area contributed by atoms with Crippen LogP contribution in [-0.2, 0) is 9.47 Å². The van der Waals surface area contributed by atoms with Crippen molar-refractivity contribution in [3.8, 4) is 36.4 Å². The molecule has 0 spiro atoms. The first-order valence-electron chi connectivity index (χ1n) is 18.8. The molecule has 2 aliphatic rings. The molecular weight excluding hydrogens is 713 g/mol. The van der Waals surface area contributed by atoms with Crippen LogP contribution >= 0.6 is 0 Å². The van der Waals surface area contributed by atoms with E-state index in [1.807, 2.05) is 101 Å². The maximum atomic E-state index is 9.94. The number of hydrogen-bond donors (Lipinski definition) is 0. The molecule has 0 aromatic heterocycles. The molecule has 2 heterocycles. The number of anilines is 2. The number of quaternary nitrogens is 2. The first-order chi connectivity index (χ1) is 26.8. The Bertz CT molecular complexity index is 2070. The van der Waals surface area contributed by atoms with Gasteiger partial charge in [-0.3, -0.25) is 0 Å². The highest BCUT2D eigenvalue weighted by Crippen LogP contribution is 2.46. The molecule has 0 N–H and O–H groups in total. The molecule has 0 atom stereocenters. The lowest BCUT2D eigenvalue weighted by molar-refractivity contribution is -0.908. The predicted octanol–water partition coefficient (Wildman–Crippen LogP) is 6.58. The van der Waals surface area contributed by atoms with Crippen LogP contribution in [0.5, 0.6) is 0 Å². The lowest BCUT2D eigenvalue weighted by Crippen LogP contribution is -2.49. The van der Waals surface area contributed by atoms with E-state index in [2.05, 4.69) is 64.2 Å². The van der Waals surface area contributed by atoms with E-state index < -0.39 is 11.2 Å². The molecule has 0 amide bonds. The summed E-state index contributed by atoms with van der Waals surface area (Å²) in [6.45, 7) is 13.0. The van der Waals surface area contributed by atoms with Crippen LogP contribution in [0.15, 0.2) is 82.3 Å². The fourth-order valence-corrected chi connectivity index (χ4v) is 7.36. The summed E-state index contributed by atoms with van der Waals surface area (Å²) < 4.78 is 13.7. The fraction of sp³-hybridized carbons (Fsp3) is 0.422. The summed E-state index contributed by atoms with van der Waals surface area (Å²) in [5.41, 5.74) is 3.33. The third-order valence-corrected chi connectivity index (χ3v) is 10.8. The van der Waals surface area contributed by atoms with Crippen LogP contribution < -0.4 is 9.80 Å². The Morgan fingerprint density at radius 3 is 1.14 bits per heavy atom. The molecule has 2 aromatic rings. The summed E-state index contributed by atoms with van der Waals surface area (Å²) in [4.78, 5) is 4.46. The monoisotopic (exact) mass is 764 g/mol. The van der Waals surface area contributed by atoms with Crippen molar-refractivity contribution >= 4 is 22.5 Å². The largest absolute Gasteiger partial charge is 0.480 e. The molecule has 0 saturated carbocycles. The highest BCUT2D eigenvalue weighted by molar-refractivity contribution is 5.85. The second kappa shape index (κ2) is 17.1. The van der Waals surface area contributed by atoms with Gasteiger partial charge in [-0.25, -0.2) is 0 Å². The van der Waals surface area contributed by atoms with E-state index in [4.69, 9.17) is 9.47 Å². The topological polar surface area (TPSA) is 168 Å². The Morgan fingerprint density at radius 2 is 0.860 bits per heavy atom. The van der Waals surface area contributed by atoms with Gasteiger partial charge in [0.25, 0.3) is 0 Å². The lowest BCUT2D eigenvalue weighted by atomic mass is 9.89. The molecule has 4 rings (SSSR count). The van der Waals surface area contributed by atoms with Crippen molar-refractivity contribution in [2.24, 2.45) is 0 Å². The lowest BCUT2D eigenvalue weighted by Gasteiger charge is -2.35. The van der Waals surface area contributed by atoms with Crippen LogP contribution in [0.25, 0.3) is 11.1 Å². The molecule has 2 aliphatic heterocycles. The molecule has 57 heavy (non-hydrogen) atoms. The second-order valence-electron chi connectivity index (χ2n) is 16.9. The predicted molar refractivity (Wildman–Crippen MR) is 220 cm³/mol. The number of allylic oxidation sites excluding steroid dienone is 4. The van der Waals surface area contributed by atoms with Gasteiger partial charge in [-0.1, -0.05) is 24.3 Å². The van der Waals surface area contributed by atoms with Gasteiger partial charge in [-0.2, -0.15) is 31.6 Å². The molecule has 0 radical (unpaired) electrons. The summed E-state index contributed by atoms with van der Waals surface area (Å²) in [7, 11) is 13.2. The fourth-order valence-electron chi connectivity index (χ4n) is 7.36. The van der Waals surface area contributed by atoms with Gasteiger partial charge in [0.1, 0.15) is 58.8 Å². The van der Waals surface area contributed by atoms with Gasteiger partial charge >= 0.3 is 0 Å². The quantitative estimate of drug-likeness (QED) is 0.151. The number of nitrogens with zero attached hydrogens (tertiary/aromatic N) is 10. The molecule has 0 unspecified atom stereocenters. The van der Waals surface area contributed by atoms with Crippen LogP contribution in [0, 0.1) is 68.0 Å². The Labute approximate surface area is 338 Å². The average molecular weight is 765 g/mol. The van der Waals surface area contributed by atoms with Crippen LogP contribution in [0.3, 0.4) is 0 Å². The highest BCUT2D eigenvalue weighted by Gasteiger charge is 2.42. The van der Waals surface area contributed by atoms with Crippen molar-refractivity contribution in [2.45, 2.75) is 45.3 Å². The van der Waals surface area contributed by atoms with Crippen molar-refractivity contribution < 1.29 is 18.4 Å². The second-order valence-corrected chi connectivity index (χ2v) is 16.9. The molecule has 0 fully saturated rings. The zero-order valence-electron chi connectivity index (χ0n) is 34.9. The maximum absolute atomic E-state index is 9.94. The summed E-state index contributed by atoms with van der Waals surface area (Å²) in [5.74, 6) is 0.0830. The number of likely N-dealkylation sites (N-methyl/N-ethyl adjacent to an activating group) is 4. The normalized spacial score (nSPS) is 15.6. The van der Waals surface area contributed by atoms with Gasteiger partial charge in [0.05, 0.1) is 67.5 Å². The highest BCUT2D eigenvalue weighted by atomic mass is 16.5. The number of rotatable bonds is 14. The van der Waals surface area contributed by atoms with Gasteiger partial charge in [0.15, 0.2) is 22.7 Å². The van der Waals surface area contributed by atoms with Crippen molar-refractivity contribution in [1.82, 2.24) is 0 Å². The first kappa shape index (κ1) is 43.2. The van der Waals surface area contributed by atoms with E-state index in [1.165, 1.54) is 0 Å². The Morgan fingerprint density at radius 1 is 0.544 bits per heavy atom. The minimum atomic E-state index is -0.869. The van der Waals surface area contributed by atoms with E-state index in [1.54, 1.807) is 0 Å². The van der Waals surface area contributed by atoms with Gasteiger partial charge in [0, 0.05) is 43.0 Å². The molecule has 2 aromatic carbocycles. The Kier molecular flexibility index (Phi) is 12.9. The summed E-state index contributed by atoms with van der Waals surface area (Å²) in [6, 6.07) is 27.7. The summed E-state index contributed by atoms with van der Waals surface area (Å²) in [6.07, 6.45) is 1.07. The molecule has 12 heteroatoms. The van der Waals surface area contributed by atoms with Crippen molar-refractivity contribution in [1.29, 1.82) is 31.6 Å². The Balaban J connectivity index is 1.30. The minimum absolute atomic E-state index is 0.0415. The number of nitriles is 6. The molecule has 292 valence electrons. The zero-order chi connectivity index (χ0) is 42.3. The first-order valence-corrected chi connectivity index (χ1v) is 18.8. The molecule has 0 saturated heterocycles. The summed E-state index contributed by atoms with van der Waals surface area (Å²) >= 11 is 0. The van der Waals surface area contributed by atoms with E-state index >= 15 is 0 Å². The van der Waals surface area contributed by atoms with E-state index in [9.17, 15) is 31.6 Å². The molecule has 12 nitrogen and oxygen atoms in total. The van der Waals surface area contributed by atoms with Crippen molar-refractivity contribution in [3.63, 3.8) is 0 Å². The van der Waals surface area contributed by atoms with Gasteiger partial charge < -0.3 is 28.2 Å². The molecule has 0 aliphatic carbocycles. The van der Waals surface area contributed by atoms with Crippen LogP contribution in [0.4, 0.5) is 11.4 Å². The number of hydrogen-bond acceptors (Lipinski definition) is 10. The zero-order valence-corrected chi connectivity index (χ0v) is 34.9. The summed E-state index contributed by atoms with van der Waals surface area (Å²) in [5, 5.41) is 57.5. The SMILES string of the molecule is CN(CC[N+](C)(C)CCC[N+](C)(C)CCN(C)c1ccc(C2=C(C#N)C(=C(C#N)C#N)OC2(C)C)cc1)c1ccc(C2=C(C#N)C(=C(C#N)C#N)OC2(C)C)cc1. The smallest absolute Gasteiger partial charge is 0.172 e. The van der Waals surface area contributed by atoms with Crippen LogP contribution in [-0.4, -0.2) is 102 Å².